The van der Waals surface area contributed by atoms with Gasteiger partial charge in [-0.15, -0.1) is 0 Å². The normalized spacial score (nSPS) is 10.4. The van der Waals surface area contributed by atoms with E-state index in [-0.39, 0.29) is 5.84 Å². The lowest BCUT2D eigenvalue weighted by Gasteiger charge is -2.12. The molecule has 5 heteroatoms. The summed E-state index contributed by atoms with van der Waals surface area (Å²) in [6, 6.07) is 9.29. The first-order valence-electron chi connectivity index (χ1n) is 5.97. The average Bonchev–Trinajstić information content (AvgIpc) is 2.38. The lowest BCUT2D eigenvalue weighted by Crippen LogP contribution is -2.10. The SMILES string of the molecule is Cc1cc(Oc2ccc(C(=N)N)cc2Br)cc(C)c1Br. The van der Waals surface area contributed by atoms with Gasteiger partial charge in [0.15, 0.2) is 0 Å². The first-order chi connectivity index (χ1) is 9.38. The molecule has 0 radical (unpaired) electrons. The van der Waals surface area contributed by atoms with Crippen LogP contribution in [0.4, 0.5) is 0 Å². The smallest absolute Gasteiger partial charge is 0.141 e. The van der Waals surface area contributed by atoms with E-state index in [1.165, 1.54) is 0 Å². The Morgan fingerprint density at radius 1 is 1.10 bits per heavy atom. The Labute approximate surface area is 134 Å². The summed E-state index contributed by atoms with van der Waals surface area (Å²) in [5, 5.41) is 7.41. The number of hydrogen-bond acceptors (Lipinski definition) is 2. The molecule has 0 aliphatic carbocycles. The number of benzene rings is 2. The highest BCUT2D eigenvalue weighted by Gasteiger charge is 2.08. The molecule has 20 heavy (non-hydrogen) atoms. The monoisotopic (exact) mass is 396 g/mol. The third kappa shape index (κ3) is 3.22. The summed E-state index contributed by atoms with van der Waals surface area (Å²) in [5.74, 6) is 1.50. The van der Waals surface area contributed by atoms with Crippen molar-refractivity contribution in [1.29, 1.82) is 5.41 Å². The fourth-order valence-corrected chi connectivity index (χ4v) is 2.53. The molecule has 3 N–H and O–H groups in total. The molecule has 2 aromatic carbocycles. The zero-order chi connectivity index (χ0) is 14.9. The Hall–Kier alpha value is -1.33. The summed E-state index contributed by atoms with van der Waals surface area (Å²) in [6.45, 7) is 4.05. The van der Waals surface area contributed by atoms with Crippen LogP contribution in [0.3, 0.4) is 0 Å². The summed E-state index contributed by atoms with van der Waals surface area (Å²) in [4.78, 5) is 0. The first kappa shape index (κ1) is 15.1. The Morgan fingerprint density at radius 3 is 2.20 bits per heavy atom. The molecular weight excluding hydrogens is 384 g/mol. The molecule has 0 aliphatic rings. The molecular formula is C15H14Br2N2O. The fourth-order valence-electron chi connectivity index (χ4n) is 1.84. The van der Waals surface area contributed by atoms with Crippen molar-refractivity contribution in [3.8, 4) is 11.5 Å². The maximum Gasteiger partial charge on any atom is 0.141 e. The Balaban J connectivity index is 2.33. The lowest BCUT2D eigenvalue weighted by atomic mass is 10.1. The number of ether oxygens (including phenoxy) is 1. The summed E-state index contributed by atoms with van der Waals surface area (Å²) >= 11 is 6.97. The molecule has 0 aliphatic heterocycles. The predicted octanol–water partition coefficient (Wildman–Crippen LogP) is 4.90. The van der Waals surface area contributed by atoms with Gasteiger partial charge in [0, 0.05) is 10.0 Å². The number of nitrogens with two attached hydrogens (primary N) is 1. The van der Waals surface area contributed by atoms with E-state index in [0.717, 1.165) is 25.8 Å². The minimum Gasteiger partial charge on any atom is -0.456 e. The van der Waals surface area contributed by atoms with Crippen LogP contribution >= 0.6 is 31.9 Å². The van der Waals surface area contributed by atoms with Crippen LogP contribution in [0.15, 0.2) is 39.3 Å². The fraction of sp³-hybridized carbons (Fsp3) is 0.133. The summed E-state index contributed by atoms with van der Waals surface area (Å²) in [6.07, 6.45) is 0. The zero-order valence-corrected chi connectivity index (χ0v) is 14.3. The average molecular weight is 398 g/mol. The quantitative estimate of drug-likeness (QED) is 0.571. The number of nitrogens with one attached hydrogen (secondary N) is 1. The van der Waals surface area contributed by atoms with Crippen LogP contribution in [-0.2, 0) is 0 Å². The van der Waals surface area contributed by atoms with Gasteiger partial charge in [0.05, 0.1) is 4.47 Å². The maximum atomic E-state index is 7.41. The Bertz CT molecular complexity index is 661. The van der Waals surface area contributed by atoms with E-state index in [4.69, 9.17) is 15.9 Å². The van der Waals surface area contributed by atoms with Crippen molar-refractivity contribution >= 4 is 37.7 Å². The van der Waals surface area contributed by atoms with Crippen LogP contribution in [0, 0.1) is 19.3 Å². The number of halogens is 2. The van der Waals surface area contributed by atoms with E-state index in [1.54, 1.807) is 18.2 Å². The van der Waals surface area contributed by atoms with E-state index in [0.29, 0.717) is 11.3 Å². The molecule has 0 unspecified atom stereocenters. The highest BCUT2D eigenvalue weighted by Crippen LogP contribution is 2.33. The molecule has 0 saturated heterocycles. The van der Waals surface area contributed by atoms with Crippen molar-refractivity contribution in [2.75, 3.05) is 0 Å². The van der Waals surface area contributed by atoms with Gasteiger partial charge in [0.1, 0.15) is 17.3 Å². The number of rotatable bonds is 3. The molecule has 2 rings (SSSR count). The standard InChI is InChI=1S/C15H14Br2N2O/c1-8-5-11(6-9(2)14(8)17)20-13-4-3-10(15(18)19)7-12(13)16/h3-7H,1-2H3,(H3,18,19). The molecule has 0 bridgehead atoms. The first-order valence-corrected chi connectivity index (χ1v) is 7.55. The Morgan fingerprint density at radius 2 is 1.70 bits per heavy atom. The van der Waals surface area contributed by atoms with Crippen molar-refractivity contribution in [2.45, 2.75) is 13.8 Å². The van der Waals surface area contributed by atoms with Crippen molar-refractivity contribution < 1.29 is 4.74 Å². The second-order valence-electron chi connectivity index (χ2n) is 4.53. The van der Waals surface area contributed by atoms with Crippen molar-refractivity contribution in [2.24, 2.45) is 5.73 Å². The van der Waals surface area contributed by atoms with Gasteiger partial charge in [0.25, 0.3) is 0 Å². The van der Waals surface area contributed by atoms with Crippen molar-refractivity contribution in [3.63, 3.8) is 0 Å². The molecule has 0 aromatic heterocycles. The van der Waals surface area contributed by atoms with Crippen molar-refractivity contribution in [1.82, 2.24) is 0 Å². The van der Waals surface area contributed by atoms with Crippen LogP contribution < -0.4 is 10.5 Å². The lowest BCUT2D eigenvalue weighted by molar-refractivity contribution is 0.478. The van der Waals surface area contributed by atoms with Crippen LogP contribution in [-0.4, -0.2) is 5.84 Å². The topological polar surface area (TPSA) is 59.1 Å². The molecule has 104 valence electrons. The molecule has 3 nitrogen and oxygen atoms in total. The molecule has 0 atom stereocenters. The minimum absolute atomic E-state index is 0.0348. The molecule has 0 spiro atoms. The second kappa shape index (κ2) is 5.97. The second-order valence-corrected chi connectivity index (χ2v) is 6.18. The maximum absolute atomic E-state index is 7.41. The third-order valence-electron chi connectivity index (χ3n) is 2.88. The Kier molecular flexibility index (Phi) is 4.50. The number of nitrogen functional groups attached to an aromatic ring is 1. The van der Waals surface area contributed by atoms with Crippen LogP contribution in [0.5, 0.6) is 11.5 Å². The van der Waals surface area contributed by atoms with Crippen LogP contribution in [0.2, 0.25) is 0 Å². The molecule has 2 aromatic rings. The summed E-state index contributed by atoms with van der Waals surface area (Å²) in [5.41, 5.74) is 8.36. The predicted molar refractivity (Wildman–Crippen MR) is 88.8 cm³/mol. The van der Waals surface area contributed by atoms with E-state index in [1.807, 2.05) is 26.0 Å². The summed E-state index contributed by atoms with van der Waals surface area (Å²) in [7, 11) is 0. The van der Waals surface area contributed by atoms with Gasteiger partial charge in [-0.1, -0.05) is 15.9 Å². The van der Waals surface area contributed by atoms with Gasteiger partial charge < -0.3 is 10.5 Å². The molecule has 0 heterocycles. The number of amidine groups is 1. The van der Waals surface area contributed by atoms with Gasteiger partial charge in [0.2, 0.25) is 0 Å². The van der Waals surface area contributed by atoms with Gasteiger partial charge in [-0.25, -0.2) is 0 Å². The number of aryl methyl sites for hydroxylation is 2. The molecule has 0 saturated carbocycles. The third-order valence-corrected chi connectivity index (χ3v) is 4.75. The zero-order valence-electron chi connectivity index (χ0n) is 11.1. The van der Waals surface area contributed by atoms with Gasteiger partial charge in [-0.05, 0) is 71.2 Å². The van der Waals surface area contributed by atoms with Crippen LogP contribution in [0.1, 0.15) is 16.7 Å². The highest BCUT2D eigenvalue weighted by molar-refractivity contribution is 9.10. The van der Waals surface area contributed by atoms with E-state index in [2.05, 4.69) is 31.9 Å². The molecule has 0 amide bonds. The van der Waals surface area contributed by atoms with E-state index < -0.39 is 0 Å². The minimum atomic E-state index is 0.0348. The largest absolute Gasteiger partial charge is 0.456 e. The van der Waals surface area contributed by atoms with Crippen LogP contribution in [0.25, 0.3) is 0 Å². The summed E-state index contributed by atoms with van der Waals surface area (Å²) < 4.78 is 7.74. The van der Waals surface area contributed by atoms with E-state index >= 15 is 0 Å². The number of hydrogen-bond donors (Lipinski definition) is 2. The highest BCUT2D eigenvalue weighted by atomic mass is 79.9. The van der Waals surface area contributed by atoms with Gasteiger partial charge in [-0.3, -0.25) is 5.41 Å². The molecule has 0 fully saturated rings. The van der Waals surface area contributed by atoms with Crippen molar-refractivity contribution in [3.05, 3.63) is 56.0 Å². The van der Waals surface area contributed by atoms with Gasteiger partial charge in [-0.2, -0.15) is 0 Å². The van der Waals surface area contributed by atoms with Gasteiger partial charge >= 0.3 is 0 Å². The van der Waals surface area contributed by atoms with E-state index in [9.17, 15) is 0 Å².